The average molecular weight is 189 g/mol. The number of carbonyl (C=O) groups is 1. The van der Waals surface area contributed by atoms with Crippen LogP contribution in [0.3, 0.4) is 0 Å². The molecule has 1 aliphatic rings. The molecule has 5 nitrogen and oxygen atoms in total. The molecule has 1 saturated heterocycles. The molecule has 2 N–H and O–H groups in total. The Hall–Kier alpha value is -0.650. The predicted octanol–water partition coefficient (Wildman–Crippen LogP) is -1.07. The summed E-state index contributed by atoms with van der Waals surface area (Å²) in [6.07, 6.45) is -2.56. The van der Waals surface area contributed by atoms with Gasteiger partial charge in [0.1, 0.15) is 6.10 Å². The lowest BCUT2D eigenvalue weighted by Crippen LogP contribution is -2.41. The molecule has 0 amide bonds. The lowest BCUT2D eigenvalue weighted by atomic mass is 10.2. The normalized spacial score (nSPS) is 35.3. The van der Waals surface area contributed by atoms with Crippen molar-refractivity contribution in [1.29, 1.82) is 0 Å². The number of hydrogen-bond donors (Lipinski definition) is 2. The minimum atomic E-state index is -1.01. The van der Waals surface area contributed by atoms with Gasteiger partial charge in [-0.05, 0) is 13.8 Å². The van der Waals surface area contributed by atoms with Crippen LogP contribution in [0.5, 0.6) is 0 Å². The first-order valence-corrected chi connectivity index (χ1v) is 4.29. The predicted molar refractivity (Wildman–Crippen MR) is 44.8 cm³/mol. The summed E-state index contributed by atoms with van der Waals surface area (Å²) >= 11 is 0. The smallest absolute Gasteiger partial charge is 0.294 e. The molecule has 1 rings (SSSR count). The quantitative estimate of drug-likeness (QED) is 0.553. The second-order valence-corrected chi connectivity index (χ2v) is 3.47. The zero-order valence-electron chi connectivity index (χ0n) is 7.75. The topological polar surface area (TPSA) is 70.0 Å². The van der Waals surface area contributed by atoms with E-state index in [1.165, 1.54) is 0 Å². The first-order valence-electron chi connectivity index (χ1n) is 4.29. The van der Waals surface area contributed by atoms with Crippen LogP contribution in [0.1, 0.15) is 13.8 Å². The van der Waals surface area contributed by atoms with Crippen molar-refractivity contribution < 1.29 is 19.7 Å². The van der Waals surface area contributed by atoms with Crippen LogP contribution in [0, 0.1) is 0 Å². The Morgan fingerprint density at radius 3 is 2.62 bits per heavy atom. The van der Waals surface area contributed by atoms with Gasteiger partial charge in [-0.1, -0.05) is 0 Å². The van der Waals surface area contributed by atoms with Gasteiger partial charge in [-0.15, -0.1) is 0 Å². The fourth-order valence-corrected chi connectivity index (χ4v) is 1.53. The number of ether oxygens (including phenoxy) is 1. The minimum Gasteiger partial charge on any atom is -0.446 e. The maximum absolute atomic E-state index is 10.1. The molecule has 0 aliphatic carbocycles. The average Bonchev–Trinajstić information content (AvgIpc) is 2.33. The van der Waals surface area contributed by atoms with Gasteiger partial charge in [0.15, 0.2) is 6.23 Å². The lowest BCUT2D eigenvalue weighted by molar-refractivity contribution is -0.151. The van der Waals surface area contributed by atoms with E-state index in [0.717, 1.165) is 0 Å². The molecular weight excluding hydrogens is 174 g/mol. The van der Waals surface area contributed by atoms with Crippen LogP contribution in [0.15, 0.2) is 0 Å². The van der Waals surface area contributed by atoms with Gasteiger partial charge < -0.3 is 14.9 Å². The van der Waals surface area contributed by atoms with E-state index in [9.17, 15) is 15.0 Å². The van der Waals surface area contributed by atoms with Crippen LogP contribution in [0.2, 0.25) is 0 Å². The summed E-state index contributed by atoms with van der Waals surface area (Å²) in [7, 11) is 0. The summed E-state index contributed by atoms with van der Waals surface area (Å²) in [5.74, 6) is 0. The summed E-state index contributed by atoms with van der Waals surface area (Å²) in [6, 6.07) is 0.122. The van der Waals surface area contributed by atoms with E-state index in [1.54, 1.807) is 4.90 Å². The summed E-state index contributed by atoms with van der Waals surface area (Å²) in [6.45, 7) is 4.44. The fraction of sp³-hybridized carbons (Fsp3) is 0.875. The van der Waals surface area contributed by atoms with Crippen LogP contribution in [-0.4, -0.2) is 52.6 Å². The Morgan fingerprint density at radius 2 is 2.15 bits per heavy atom. The van der Waals surface area contributed by atoms with Crippen molar-refractivity contribution in [1.82, 2.24) is 4.90 Å². The third kappa shape index (κ3) is 1.99. The molecule has 2 unspecified atom stereocenters. The number of hydrogen-bond acceptors (Lipinski definition) is 5. The monoisotopic (exact) mass is 189 g/mol. The zero-order valence-corrected chi connectivity index (χ0v) is 7.75. The maximum Gasteiger partial charge on any atom is 0.294 e. The number of rotatable bonds is 3. The standard InChI is InChI=1S/C8H15NO4/c1-5(2)9-3-6(11)7(12)8(9)13-4-10/h4-8,11-12H,3H2,1-2H3/t6?,7?,8-/m1/s1. The van der Waals surface area contributed by atoms with Crippen molar-refractivity contribution in [3.63, 3.8) is 0 Å². The molecule has 1 aliphatic heterocycles. The van der Waals surface area contributed by atoms with Crippen LogP contribution < -0.4 is 0 Å². The third-order valence-electron chi connectivity index (χ3n) is 2.27. The maximum atomic E-state index is 10.1. The van der Waals surface area contributed by atoms with Gasteiger partial charge in [-0.2, -0.15) is 0 Å². The molecule has 76 valence electrons. The van der Waals surface area contributed by atoms with Gasteiger partial charge in [0, 0.05) is 12.6 Å². The first-order chi connectivity index (χ1) is 6.07. The van der Waals surface area contributed by atoms with E-state index in [0.29, 0.717) is 13.0 Å². The van der Waals surface area contributed by atoms with Crippen molar-refractivity contribution in [3.05, 3.63) is 0 Å². The Balaban J connectivity index is 2.68. The minimum absolute atomic E-state index is 0.122. The fourth-order valence-electron chi connectivity index (χ4n) is 1.53. The number of nitrogens with zero attached hydrogens (tertiary/aromatic N) is 1. The highest BCUT2D eigenvalue weighted by molar-refractivity contribution is 5.37. The lowest BCUT2D eigenvalue weighted by Gasteiger charge is -2.26. The van der Waals surface area contributed by atoms with E-state index < -0.39 is 18.4 Å². The van der Waals surface area contributed by atoms with Crippen molar-refractivity contribution in [2.45, 2.75) is 38.3 Å². The van der Waals surface area contributed by atoms with Gasteiger partial charge in [-0.3, -0.25) is 9.69 Å². The van der Waals surface area contributed by atoms with E-state index >= 15 is 0 Å². The third-order valence-corrected chi connectivity index (χ3v) is 2.27. The summed E-state index contributed by atoms with van der Waals surface area (Å²) < 4.78 is 4.69. The van der Waals surface area contributed by atoms with Crippen molar-refractivity contribution in [2.75, 3.05) is 6.54 Å². The van der Waals surface area contributed by atoms with Gasteiger partial charge in [-0.25, -0.2) is 0 Å². The van der Waals surface area contributed by atoms with Gasteiger partial charge in [0.25, 0.3) is 6.47 Å². The Morgan fingerprint density at radius 1 is 1.54 bits per heavy atom. The second-order valence-electron chi connectivity index (χ2n) is 3.47. The number of likely N-dealkylation sites (tertiary alicyclic amines) is 1. The molecule has 0 saturated carbocycles. The molecule has 13 heavy (non-hydrogen) atoms. The molecule has 0 bridgehead atoms. The van der Waals surface area contributed by atoms with E-state index in [4.69, 9.17) is 4.74 Å². The largest absolute Gasteiger partial charge is 0.446 e. The number of aliphatic hydroxyl groups is 2. The first kappa shape index (κ1) is 10.4. The van der Waals surface area contributed by atoms with Crippen LogP contribution >= 0.6 is 0 Å². The van der Waals surface area contributed by atoms with Crippen molar-refractivity contribution >= 4 is 6.47 Å². The highest BCUT2D eigenvalue weighted by Crippen LogP contribution is 2.21. The zero-order chi connectivity index (χ0) is 10.0. The molecule has 3 atom stereocenters. The van der Waals surface area contributed by atoms with E-state index in [-0.39, 0.29) is 6.04 Å². The highest BCUT2D eigenvalue weighted by atomic mass is 16.6. The SMILES string of the molecule is CC(C)N1CC(O)C(O)[C@H]1OC=O. The summed E-state index contributed by atoms with van der Waals surface area (Å²) in [5.41, 5.74) is 0. The molecule has 1 fully saturated rings. The van der Waals surface area contributed by atoms with Crippen LogP contribution in [-0.2, 0) is 9.53 Å². The van der Waals surface area contributed by atoms with Gasteiger partial charge >= 0.3 is 0 Å². The Bertz CT molecular complexity index is 185. The molecule has 0 aromatic heterocycles. The van der Waals surface area contributed by atoms with Crippen LogP contribution in [0.25, 0.3) is 0 Å². The van der Waals surface area contributed by atoms with Gasteiger partial charge in [0.2, 0.25) is 0 Å². The Kier molecular flexibility index (Phi) is 3.24. The van der Waals surface area contributed by atoms with Crippen LogP contribution in [0.4, 0.5) is 0 Å². The van der Waals surface area contributed by atoms with Crippen molar-refractivity contribution in [2.24, 2.45) is 0 Å². The molecule has 0 aromatic carbocycles. The molecule has 5 heteroatoms. The molecule has 0 radical (unpaired) electrons. The van der Waals surface area contributed by atoms with Crippen molar-refractivity contribution in [3.8, 4) is 0 Å². The van der Waals surface area contributed by atoms with E-state index in [1.807, 2.05) is 13.8 Å². The van der Waals surface area contributed by atoms with Gasteiger partial charge in [0.05, 0.1) is 6.10 Å². The van der Waals surface area contributed by atoms with E-state index in [2.05, 4.69) is 0 Å². The Labute approximate surface area is 76.9 Å². The highest BCUT2D eigenvalue weighted by Gasteiger charge is 2.42. The number of aliphatic hydroxyl groups excluding tert-OH is 2. The molecule has 0 spiro atoms. The molecule has 0 aromatic rings. The molecular formula is C8H15NO4. The molecule has 1 heterocycles. The number of β-amino-alcohol motifs (C(OH)–C–C–N with tert-alkyl or cyclic N) is 1. The number of carbonyl (C=O) groups excluding carboxylic acids is 1. The summed E-state index contributed by atoms with van der Waals surface area (Å²) in [4.78, 5) is 11.9. The summed E-state index contributed by atoms with van der Waals surface area (Å²) in [5, 5.41) is 18.8. The second kappa shape index (κ2) is 4.04.